The number of nitrogens with one attached hydrogen (secondary N) is 7. The summed E-state index contributed by atoms with van der Waals surface area (Å²) in [5.74, 6) is -1.51. The smallest absolute Gasteiger partial charge is 0.407 e. The number of aliphatic carboxylic acids is 2. The number of carbonyl (C=O) groups is 6. The third-order valence-electron chi connectivity index (χ3n) is 15.5. The summed E-state index contributed by atoms with van der Waals surface area (Å²) in [4.78, 5) is 96.9. The molecule has 0 unspecified atom stereocenters. The van der Waals surface area contributed by atoms with Gasteiger partial charge in [-0.25, -0.2) is 19.7 Å². The van der Waals surface area contributed by atoms with Gasteiger partial charge in [0.1, 0.15) is 39.7 Å². The Labute approximate surface area is 604 Å². The summed E-state index contributed by atoms with van der Waals surface area (Å²) in [5, 5.41) is 69.5. The molecule has 3 fully saturated rings. The van der Waals surface area contributed by atoms with Gasteiger partial charge in [-0.05, 0) is 121 Å². The number of carboxylic acid groups (broad SMARTS) is 2. The van der Waals surface area contributed by atoms with Crippen molar-refractivity contribution in [3.8, 4) is 17.1 Å². The van der Waals surface area contributed by atoms with Crippen molar-refractivity contribution in [2.24, 2.45) is 28.7 Å². The van der Waals surface area contributed by atoms with E-state index in [1.165, 1.54) is 33.0 Å². The molecule has 3 aromatic carbocycles. The highest BCUT2D eigenvalue weighted by atomic mass is 16.6. The van der Waals surface area contributed by atoms with Crippen LogP contribution in [0.4, 0.5) is 57.2 Å². The van der Waals surface area contributed by atoms with Crippen LogP contribution in [0.25, 0.3) is 17.1 Å². The quantitative estimate of drug-likeness (QED) is 0.0411. The molecule has 0 bridgehead atoms. The van der Waals surface area contributed by atoms with Gasteiger partial charge in [0.15, 0.2) is 0 Å². The van der Waals surface area contributed by atoms with E-state index in [0.717, 1.165) is 108 Å². The second-order valence-electron chi connectivity index (χ2n) is 25.0. The molecule has 20 N–H and O–H groups in total. The van der Waals surface area contributed by atoms with Gasteiger partial charge < -0.3 is 85.9 Å². The minimum atomic E-state index is -0.833. The Hall–Kier alpha value is -12.4. The fourth-order valence-electron chi connectivity index (χ4n) is 10.9. The maximum atomic E-state index is 12.4. The average molecular weight is 1450 g/mol. The largest absolute Gasteiger partial charge is 0.481 e. The van der Waals surface area contributed by atoms with Gasteiger partial charge >= 0.3 is 6.09 Å². The summed E-state index contributed by atoms with van der Waals surface area (Å²) in [6, 6.07) is 22.2. The van der Waals surface area contributed by atoms with Crippen LogP contribution in [0.15, 0.2) is 129 Å². The van der Waals surface area contributed by atoms with E-state index in [4.69, 9.17) is 58.3 Å². The first kappa shape index (κ1) is 79.9. The molecule has 3 saturated carbocycles. The first-order valence-corrected chi connectivity index (χ1v) is 33.8. The predicted molar refractivity (Wildman–Crippen MR) is 392 cm³/mol. The van der Waals surface area contributed by atoms with Crippen molar-refractivity contribution in [2.45, 2.75) is 160 Å². The fraction of sp³-hybridized carbons (Fsp3) is 0.382. The molecule has 558 valence electrons. The van der Waals surface area contributed by atoms with Crippen molar-refractivity contribution >= 4 is 88.1 Å². The van der Waals surface area contributed by atoms with Crippen LogP contribution in [0.1, 0.15) is 150 Å². The zero-order chi connectivity index (χ0) is 76.0. The van der Waals surface area contributed by atoms with Crippen molar-refractivity contribution in [1.82, 2.24) is 80.2 Å². The van der Waals surface area contributed by atoms with E-state index in [2.05, 4.69) is 97.7 Å². The maximum absolute atomic E-state index is 12.4. The maximum Gasteiger partial charge on any atom is 0.407 e. The van der Waals surface area contributed by atoms with Gasteiger partial charge in [0.2, 0.25) is 17.8 Å². The molecule has 37 heteroatoms. The van der Waals surface area contributed by atoms with Gasteiger partial charge in [-0.2, -0.15) is 59.9 Å². The Kier molecular flexibility index (Phi) is 30.2. The lowest BCUT2D eigenvalue weighted by molar-refractivity contribution is -0.135. The molecule has 4 amide bonds. The third-order valence-corrected chi connectivity index (χ3v) is 15.5. The number of benzene rings is 3. The summed E-state index contributed by atoms with van der Waals surface area (Å²) in [6.07, 6.45) is 25.3. The Balaban J connectivity index is 0.000000206. The van der Waals surface area contributed by atoms with Crippen molar-refractivity contribution < 1.29 is 48.8 Å². The van der Waals surface area contributed by atoms with Gasteiger partial charge in [-0.15, -0.1) is 0 Å². The molecule has 6 heterocycles. The summed E-state index contributed by atoms with van der Waals surface area (Å²) < 4.78 is 5.42. The zero-order valence-corrected chi connectivity index (χ0v) is 59.1. The van der Waals surface area contributed by atoms with Crippen molar-refractivity contribution in [3.05, 3.63) is 145 Å². The molecule has 105 heavy (non-hydrogen) atoms. The van der Waals surface area contributed by atoms with E-state index in [9.17, 15) is 19.2 Å². The molecule has 6 atom stereocenters. The predicted octanol–water partition coefficient (Wildman–Crippen LogP) is 6.49. The topological polar surface area (TPSA) is 556 Å². The zero-order valence-electron chi connectivity index (χ0n) is 59.1. The minimum Gasteiger partial charge on any atom is -0.481 e. The van der Waals surface area contributed by atoms with Gasteiger partial charge in [0.05, 0.1) is 60.3 Å². The van der Waals surface area contributed by atoms with E-state index >= 15 is 0 Å². The first-order chi connectivity index (χ1) is 50.2. The fourth-order valence-corrected chi connectivity index (χ4v) is 10.9. The molecule has 6 aromatic heterocycles. The Morgan fingerprint density at radius 1 is 0.476 bits per heavy atom. The van der Waals surface area contributed by atoms with Crippen LogP contribution in [0.5, 0.6) is 0 Å². The minimum absolute atomic E-state index is 0.0535. The average Bonchev–Trinajstić information content (AvgIpc) is 1.53. The van der Waals surface area contributed by atoms with Crippen molar-refractivity contribution in [1.29, 1.82) is 0 Å². The van der Waals surface area contributed by atoms with Crippen molar-refractivity contribution in [3.63, 3.8) is 0 Å². The summed E-state index contributed by atoms with van der Waals surface area (Å²) in [5.41, 5.74) is 33.3. The SMILES string of the molecule is CC(=O)O.CC(=O)O.CC(C)(C)OC(=O)N[C@H]1CCCC[C@H]1Nc1ncc(C(N)=O)c(Nc2cccc(-n3nccn3)c2)n1.CCO.NC(=O)c1cnc(N[C@@H]2CCCC[C@@H]2N)nc1Nc1cccc(-n2nccn2)c1.NC(=O)c1cnc(N[C@@H]2CCCC[C@@H]2N)nc1Nc1cccc(-n2nccn2)c1. The second-order valence-corrected chi connectivity index (χ2v) is 25.0. The van der Waals surface area contributed by atoms with Crippen LogP contribution in [-0.4, -0.2) is 174 Å². The Morgan fingerprint density at radius 3 is 1.04 bits per heavy atom. The monoisotopic (exact) mass is 1450 g/mol. The molecule has 3 aliphatic rings. The number of anilines is 9. The van der Waals surface area contributed by atoms with Crippen molar-refractivity contribution in [2.75, 3.05) is 38.5 Å². The van der Waals surface area contributed by atoms with E-state index in [-0.39, 0.29) is 65.4 Å². The van der Waals surface area contributed by atoms with Crippen LogP contribution in [-0.2, 0) is 14.3 Å². The normalized spacial score (nSPS) is 17.2. The number of ether oxygens (including phenoxy) is 1. The Bertz CT molecular complexity index is 4080. The summed E-state index contributed by atoms with van der Waals surface area (Å²) in [7, 11) is 0. The molecule has 0 radical (unpaired) electrons. The first-order valence-electron chi connectivity index (χ1n) is 33.8. The number of carbonyl (C=O) groups excluding carboxylic acids is 4. The molecule has 12 rings (SSSR count). The van der Waals surface area contributed by atoms with E-state index < -0.39 is 41.4 Å². The van der Waals surface area contributed by atoms with E-state index in [1.807, 2.05) is 93.6 Å². The summed E-state index contributed by atoms with van der Waals surface area (Å²) >= 11 is 0. The van der Waals surface area contributed by atoms with Crippen LogP contribution in [0, 0.1) is 0 Å². The number of hydrogen-bond acceptors (Lipinski definition) is 28. The number of nitrogens with two attached hydrogens (primary N) is 5. The Morgan fingerprint density at radius 2 is 0.752 bits per heavy atom. The lowest BCUT2D eigenvalue weighted by Crippen LogP contribution is -2.50. The highest BCUT2D eigenvalue weighted by Crippen LogP contribution is 2.29. The molecule has 0 aliphatic heterocycles. The standard InChI is InChI=1S/C24H31N9O3.2C19H23N9O.2C2H4O2.C2H6O/c1-24(2,3)36-23(35)31-19-10-5-4-9-18(19)30-22-26-14-17(20(25)34)21(32-22)29-15-7-6-8-16(13-15)33-27-11-12-28-33;2*20-15-6-1-2-7-16(15)26-19-22-11-14(17(21)29)18(27-19)25-12-4-3-5-13(10-12)28-23-8-9-24-28;2*1-2(3)4;1-2-3/h6-8,11-14,18-19H,4-5,9-10H2,1-3H3,(H2,25,34)(H,31,35)(H2,26,29,30,32);2*3-5,8-11,15-16H,1-2,6-7,20H2,(H2,21,29)(H2,22,25,26,27);2*1H3,(H,3,4);3H,2H2,1H3/t18-,19+;2*15-,16+;;;/m100.../s1. The highest BCUT2D eigenvalue weighted by molar-refractivity contribution is 5.99. The number of rotatable bonds is 19. The lowest BCUT2D eigenvalue weighted by Gasteiger charge is -2.33. The van der Waals surface area contributed by atoms with E-state index in [0.29, 0.717) is 46.5 Å². The van der Waals surface area contributed by atoms with Gasteiger partial charge in [-0.1, -0.05) is 56.7 Å². The second kappa shape index (κ2) is 39.7. The van der Waals surface area contributed by atoms with Crippen LogP contribution in [0.2, 0.25) is 0 Å². The lowest BCUT2D eigenvalue weighted by atomic mass is 9.90. The number of nitrogens with zero attached hydrogens (tertiary/aromatic N) is 15. The number of aliphatic hydroxyl groups is 1. The molecule has 0 saturated heterocycles. The molecule has 9 aromatic rings. The van der Waals surface area contributed by atoms with Gasteiger partial charge in [0.25, 0.3) is 29.7 Å². The molecule has 37 nitrogen and oxygen atoms in total. The molecular weight excluding hydrogens is 1350 g/mol. The molecule has 3 aliphatic carbocycles. The molecular formula is C68H91N27O10. The van der Waals surface area contributed by atoms with Gasteiger partial charge in [-0.3, -0.25) is 24.0 Å². The highest BCUT2D eigenvalue weighted by Gasteiger charge is 2.30. The molecule has 0 spiro atoms. The number of alkyl carbamates (subject to hydrolysis) is 1. The van der Waals surface area contributed by atoms with Crippen LogP contribution in [0.3, 0.4) is 0 Å². The number of aliphatic hydroxyl groups excluding tert-OH is 1. The van der Waals surface area contributed by atoms with Crippen LogP contribution < -0.4 is 65.9 Å². The van der Waals surface area contributed by atoms with Gasteiger partial charge in [0, 0.05) is 86.3 Å². The number of primary amides is 3. The van der Waals surface area contributed by atoms with Crippen LogP contribution >= 0.6 is 0 Å². The van der Waals surface area contributed by atoms with E-state index in [1.54, 1.807) is 44.1 Å². The third kappa shape index (κ3) is 26.2. The summed E-state index contributed by atoms with van der Waals surface area (Å²) in [6.45, 7) is 9.58. The number of hydrogen-bond donors (Lipinski definition) is 15. The number of carboxylic acids is 2. The number of amides is 4. The number of aromatic nitrogens is 15.